The third-order valence-corrected chi connectivity index (χ3v) is 3.45. The second-order valence-corrected chi connectivity index (χ2v) is 4.98. The summed E-state index contributed by atoms with van der Waals surface area (Å²) in [7, 11) is 0. The molecule has 2 N–H and O–H groups in total. The molecule has 2 amide bonds. The van der Waals surface area contributed by atoms with Gasteiger partial charge in [0.1, 0.15) is 0 Å². The molecule has 0 unspecified atom stereocenters. The highest BCUT2D eigenvalue weighted by Gasteiger charge is 2.21. The summed E-state index contributed by atoms with van der Waals surface area (Å²) in [6.45, 7) is 2.94. The molecule has 0 saturated carbocycles. The maximum atomic E-state index is 11.7. The van der Waals surface area contributed by atoms with Crippen molar-refractivity contribution in [2.75, 3.05) is 6.54 Å². The normalized spacial score (nSPS) is 14.3. The lowest BCUT2D eigenvalue weighted by molar-refractivity contribution is 0.237. The molecule has 0 bridgehead atoms. The van der Waals surface area contributed by atoms with Gasteiger partial charge in [0.2, 0.25) is 0 Å². The molecule has 18 heavy (non-hydrogen) atoms. The van der Waals surface area contributed by atoms with Gasteiger partial charge in [-0.25, -0.2) is 4.79 Å². The third kappa shape index (κ3) is 3.49. The number of hydrogen-bond donors (Lipinski definition) is 2. The summed E-state index contributed by atoms with van der Waals surface area (Å²) < 4.78 is 0. The van der Waals surface area contributed by atoms with E-state index in [2.05, 4.69) is 41.8 Å². The number of fused-ring (bicyclic) bond motifs is 1. The van der Waals surface area contributed by atoms with Gasteiger partial charge in [-0.05, 0) is 30.4 Å². The molecule has 0 aromatic heterocycles. The quantitative estimate of drug-likeness (QED) is 0.770. The van der Waals surface area contributed by atoms with Crippen molar-refractivity contribution in [3.63, 3.8) is 0 Å². The van der Waals surface area contributed by atoms with Crippen LogP contribution in [-0.4, -0.2) is 18.6 Å². The summed E-state index contributed by atoms with van der Waals surface area (Å²) in [6, 6.07) is 8.65. The first kappa shape index (κ1) is 12.9. The molecule has 3 heteroatoms. The molecule has 1 aromatic rings. The van der Waals surface area contributed by atoms with E-state index in [1.807, 2.05) is 0 Å². The first-order chi connectivity index (χ1) is 8.79. The van der Waals surface area contributed by atoms with E-state index in [9.17, 15) is 4.79 Å². The van der Waals surface area contributed by atoms with Gasteiger partial charge < -0.3 is 10.6 Å². The Labute approximate surface area is 109 Å². The molecule has 1 aliphatic carbocycles. The first-order valence-corrected chi connectivity index (χ1v) is 6.90. The van der Waals surface area contributed by atoms with Crippen LogP contribution in [0.2, 0.25) is 0 Å². The number of carbonyl (C=O) groups excluding carboxylic acids is 1. The molecule has 1 aliphatic rings. The number of hydrogen-bond acceptors (Lipinski definition) is 1. The maximum absolute atomic E-state index is 11.7. The fourth-order valence-electron chi connectivity index (χ4n) is 2.47. The zero-order chi connectivity index (χ0) is 12.8. The van der Waals surface area contributed by atoms with Crippen LogP contribution in [0, 0.1) is 0 Å². The fraction of sp³-hybridized carbons (Fsp3) is 0.533. The number of rotatable bonds is 5. The standard InChI is InChI=1S/C15H22N2O/c1-2-3-6-9-16-15(18)17-14-10-12-7-4-5-8-13(12)11-14/h4-5,7-8,14H,2-3,6,9-11H2,1H3,(H2,16,17,18). The van der Waals surface area contributed by atoms with E-state index < -0.39 is 0 Å². The number of unbranched alkanes of at least 4 members (excludes halogenated alkanes) is 2. The molecule has 0 aliphatic heterocycles. The van der Waals surface area contributed by atoms with Gasteiger partial charge in [0.05, 0.1) is 0 Å². The highest BCUT2D eigenvalue weighted by Crippen LogP contribution is 2.21. The van der Waals surface area contributed by atoms with E-state index in [4.69, 9.17) is 0 Å². The Bertz CT molecular complexity index is 378. The molecular formula is C15H22N2O. The molecular weight excluding hydrogens is 224 g/mol. The Morgan fingerprint density at radius 3 is 2.50 bits per heavy atom. The third-order valence-electron chi connectivity index (χ3n) is 3.45. The van der Waals surface area contributed by atoms with E-state index in [-0.39, 0.29) is 12.1 Å². The highest BCUT2D eigenvalue weighted by molar-refractivity contribution is 5.74. The minimum Gasteiger partial charge on any atom is -0.338 e. The highest BCUT2D eigenvalue weighted by atomic mass is 16.2. The van der Waals surface area contributed by atoms with Crippen LogP contribution in [0.1, 0.15) is 37.3 Å². The largest absolute Gasteiger partial charge is 0.338 e. The summed E-state index contributed by atoms with van der Waals surface area (Å²) in [4.78, 5) is 11.7. The average molecular weight is 246 g/mol. The fourth-order valence-corrected chi connectivity index (χ4v) is 2.47. The second-order valence-electron chi connectivity index (χ2n) is 4.98. The van der Waals surface area contributed by atoms with E-state index in [1.165, 1.54) is 24.0 Å². The zero-order valence-corrected chi connectivity index (χ0v) is 11.0. The zero-order valence-electron chi connectivity index (χ0n) is 11.0. The van der Waals surface area contributed by atoms with Gasteiger partial charge in [0.15, 0.2) is 0 Å². The average Bonchev–Trinajstić information content (AvgIpc) is 2.76. The van der Waals surface area contributed by atoms with Gasteiger partial charge in [-0.2, -0.15) is 0 Å². The number of amides is 2. The molecule has 0 spiro atoms. The molecule has 0 radical (unpaired) electrons. The molecule has 2 rings (SSSR count). The Kier molecular flexibility index (Phi) is 4.62. The molecule has 0 heterocycles. The van der Waals surface area contributed by atoms with Gasteiger partial charge >= 0.3 is 6.03 Å². The Morgan fingerprint density at radius 1 is 1.22 bits per heavy atom. The van der Waals surface area contributed by atoms with Crippen LogP contribution >= 0.6 is 0 Å². The summed E-state index contributed by atoms with van der Waals surface area (Å²) in [5.41, 5.74) is 2.74. The number of nitrogens with one attached hydrogen (secondary N) is 2. The minimum atomic E-state index is -0.0242. The molecule has 98 valence electrons. The van der Waals surface area contributed by atoms with E-state index >= 15 is 0 Å². The van der Waals surface area contributed by atoms with Crippen molar-refractivity contribution in [2.24, 2.45) is 0 Å². The number of carbonyl (C=O) groups is 1. The van der Waals surface area contributed by atoms with Crippen LogP contribution in [0.3, 0.4) is 0 Å². The molecule has 1 aromatic carbocycles. The van der Waals surface area contributed by atoms with Crippen molar-refractivity contribution in [2.45, 2.75) is 45.1 Å². The van der Waals surface area contributed by atoms with Crippen LogP contribution in [0.15, 0.2) is 24.3 Å². The Balaban J connectivity index is 1.71. The van der Waals surface area contributed by atoms with Crippen LogP contribution < -0.4 is 10.6 Å². The van der Waals surface area contributed by atoms with E-state index in [1.54, 1.807) is 0 Å². The SMILES string of the molecule is CCCCCNC(=O)NC1Cc2ccccc2C1. The Morgan fingerprint density at radius 2 is 1.89 bits per heavy atom. The van der Waals surface area contributed by atoms with Crippen LogP contribution in [0.25, 0.3) is 0 Å². The van der Waals surface area contributed by atoms with Gasteiger partial charge in [0.25, 0.3) is 0 Å². The monoisotopic (exact) mass is 246 g/mol. The van der Waals surface area contributed by atoms with Crippen molar-refractivity contribution in [1.29, 1.82) is 0 Å². The maximum Gasteiger partial charge on any atom is 0.315 e. The lowest BCUT2D eigenvalue weighted by Gasteiger charge is -2.12. The second kappa shape index (κ2) is 6.43. The van der Waals surface area contributed by atoms with Gasteiger partial charge in [0, 0.05) is 12.6 Å². The van der Waals surface area contributed by atoms with Crippen molar-refractivity contribution in [3.05, 3.63) is 35.4 Å². The van der Waals surface area contributed by atoms with Crippen LogP contribution in [0.5, 0.6) is 0 Å². The Hall–Kier alpha value is -1.51. The summed E-state index contributed by atoms with van der Waals surface area (Å²) in [5, 5.41) is 5.97. The lowest BCUT2D eigenvalue weighted by Crippen LogP contribution is -2.42. The molecule has 0 atom stereocenters. The predicted octanol–water partition coefficient (Wildman–Crippen LogP) is 2.64. The van der Waals surface area contributed by atoms with Gasteiger partial charge in [-0.3, -0.25) is 0 Å². The van der Waals surface area contributed by atoms with E-state index in [0.717, 1.165) is 25.8 Å². The first-order valence-electron chi connectivity index (χ1n) is 6.90. The molecule has 0 saturated heterocycles. The minimum absolute atomic E-state index is 0.0242. The molecule has 0 fully saturated rings. The smallest absolute Gasteiger partial charge is 0.315 e. The van der Waals surface area contributed by atoms with E-state index in [0.29, 0.717) is 0 Å². The predicted molar refractivity (Wildman–Crippen MR) is 73.7 cm³/mol. The van der Waals surface area contributed by atoms with Crippen molar-refractivity contribution >= 4 is 6.03 Å². The van der Waals surface area contributed by atoms with Crippen molar-refractivity contribution in [1.82, 2.24) is 10.6 Å². The van der Waals surface area contributed by atoms with Gasteiger partial charge in [-0.15, -0.1) is 0 Å². The van der Waals surface area contributed by atoms with Gasteiger partial charge in [-0.1, -0.05) is 44.0 Å². The van der Waals surface area contributed by atoms with Crippen LogP contribution in [0.4, 0.5) is 4.79 Å². The summed E-state index contributed by atoms with van der Waals surface area (Å²) >= 11 is 0. The van der Waals surface area contributed by atoms with Crippen molar-refractivity contribution < 1.29 is 4.79 Å². The lowest BCUT2D eigenvalue weighted by atomic mass is 10.1. The van der Waals surface area contributed by atoms with Crippen LogP contribution in [-0.2, 0) is 12.8 Å². The van der Waals surface area contributed by atoms with Crippen molar-refractivity contribution in [3.8, 4) is 0 Å². The number of urea groups is 1. The topological polar surface area (TPSA) is 41.1 Å². The summed E-state index contributed by atoms with van der Waals surface area (Å²) in [5.74, 6) is 0. The summed E-state index contributed by atoms with van der Waals surface area (Å²) in [6.07, 6.45) is 5.34. The molecule has 3 nitrogen and oxygen atoms in total. The number of benzene rings is 1.